The molecule has 0 fully saturated rings. The number of phenolic OH excluding ortho intramolecular Hbond substituents is 1. The van der Waals surface area contributed by atoms with Crippen LogP contribution >= 0.6 is 11.3 Å². The summed E-state index contributed by atoms with van der Waals surface area (Å²) in [4.78, 5) is 24.2. The smallest absolute Gasteiger partial charge is 0.303 e. The van der Waals surface area contributed by atoms with Gasteiger partial charge in [0, 0.05) is 29.3 Å². The van der Waals surface area contributed by atoms with Crippen molar-refractivity contribution in [2.45, 2.75) is 25.3 Å². The van der Waals surface area contributed by atoms with Gasteiger partial charge in [-0.05, 0) is 23.6 Å². The van der Waals surface area contributed by atoms with Crippen molar-refractivity contribution >= 4 is 28.9 Å². The lowest BCUT2D eigenvalue weighted by Crippen LogP contribution is -2.26. The highest BCUT2D eigenvalue weighted by Crippen LogP contribution is 2.37. The van der Waals surface area contributed by atoms with Crippen molar-refractivity contribution in [3.8, 4) is 11.5 Å². The SMILES string of the molecule is COc1ccc(C2=NN(C(=O)CCC(=O)O)[C@H](c3cccs3)C2)c(O)c1. The molecule has 0 bridgehead atoms. The van der Waals surface area contributed by atoms with Gasteiger partial charge in [0.1, 0.15) is 11.5 Å². The largest absolute Gasteiger partial charge is 0.507 e. The number of amides is 1. The van der Waals surface area contributed by atoms with Crippen LogP contribution < -0.4 is 4.74 Å². The van der Waals surface area contributed by atoms with Gasteiger partial charge < -0.3 is 14.9 Å². The molecule has 0 aliphatic carbocycles. The van der Waals surface area contributed by atoms with E-state index in [1.54, 1.807) is 12.1 Å². The molecule has 8 heteroatoms. The minimum absolute atomic E-state index is 0.0212. The summed E-state index contributed by atoms with van der Waals surface area (Å²) in [6, 6.07) is 8.42. The summed E-state index contributed by atoms with van der Waals surface area (Å²) < 4.78 is 5.09. The number of hydrogen-bond donors (Lipinski definition) is 2. The molecule has 2 N–H and O–H groups in total. The van der Waals surface area contributed by atoms with Crippen LogP contribution in [0, 0.1) is 0 Å². The summed E-state index contributed by atoms with van der Waals surface area (Å²) in [7, 11) is 1.51. The number of nitrogens with zero attached hydrogens (tertiary/aromatic N) is 2. The van der Waals surface area contributed by atoms with Crippen LogP contribution in [0.1, 0.15) is 35.7 Å². The fraction of sp³-hybridized carbons (Fsp3) is 0.278. The first kappa shape index (κ1) is 17.9. The number of methoxy groups -OCH3 is 1. The summed E-state index contributed by atoms with van der Waals surface area (Å²) in [6.45, 7) is 0. The van der Waals surface area contributed by atoms with Crippen molar-refractivity contribution in [3.05, 3.63) is 46.2 Å². The fourth-order valence-corrected chi connectivity index (χ4v) is 3.63. The van der Waals surface area contributed by atoms with Gasteiger partial charge in [-0.1, -0.05) is 6.07 Å². The normalized spacial score (nSPS) is 16.4. The van der Waals surface area contributed by atoms with E-state index in [2.05, 4.69) is 5.10 Å². The Labute approximate surface area is 154 Å². The Morgan fingerprint density at radius 3 is 2.77 bits per heavy atom. The van der Waals surface area contributed by atoms with Gasteiger partial charge in [-0.3, -0.25) is 9.59 Å². The fourth-order valence-electron chi connectivity index (χ4n) is 2.82. The van der Waals surface area contributed by atoms with Crippen molar-refractivity contribution in [3.63, 3.8) is 0 Å². The number of thiophene rings is 1. The van der Waals surface area contributed by atoms with Crippen molar-refractivity contribution in [1.29, 1.82) is 0 Å². The van der Waals surface area contributed by atoms with E-state index in [1.807, 2.05) is 17.5 Å². The van der Waals surface area contributed by atoms with Gasteiger partial charge in [0.05, 0.1) is 25.3 Å². The van der Waals surface area contributed by atoms with Gasteiger partial charge >= 0.3 is 5.97 Å². The molecule has 1 amide bonds. The molecule has 3 rings (SSSR count). The van der Waals surface area contributed by atoms with Crippen molar-refractivity contribution < 1.29 is 24.5 Å². The third-order valence-electron chi connectivity index (χ3n) is 4.11. The van der Waals surface area contributed by atoms with Crippen LogP contribution in [0.5, 0.6) is 11.5 Å². The number of carbonyl (C=O) groups excluding carboxylic acids is 1. The molecule has 0 unspecified atom stereocenters. The van der Waals surface area contributed by atoms with Gasteiger partial charge in [-0.2, -0.15) is 5.10 Å². The lowest BCUT2D eigenvalue weighted by atomic mass is 10.0. The highest BCUT2D eigenvalue weighted by atomic mass is 32.1. The van der Waals surface area contributed by atoms with E-state index >= 15 is 0 Å². The number of rotatable bonds is 6. The van der Waals surface area contributed by atoms with Crippen molar-refractivity contribution in [2.24, 2.45) is 5.10 Å². The van der Waals surface area contributed by atoms with Crippen molar-refractivity contribution in [2.75, 3.05) is 7.11 Å². The summed E-state index contributed by atoms with van der Waals surface area (Å²) in [5.74, 6) is -0.835. The van der Waals surface area contributed by atoms with E-state index in [-0.39, 0.29) is 30.5 Å². The lowest BCUT2D eigenvalue weighted by molar-refractivity contribution is -0.141. The molecule has 0 saturated carbocycles. The summed E-state index contributed by atoms with van der Waals surface area (Å²) in [5, 5.41) is 26.7. The van der Waals surface area contributed by atoms with E-state index in [0.29, 0.717) is 23.4 Å². The number of ether oxygens (including phenoxy) is 1. The monoisotopic (exact) mass is 374 g/mol. The molecule has 1 aromatic heterocycles. The first-order valence-electron chi connectivity index (χ1n) is 8.01. The maximum absolute atomic E-state index is 12.5. The van der Waals surface area contributed by atoms with Crippen LogP contribution in [0.25, 0.3) is 0 Å². The number of aromatic hydroxyl groups is 1. The number of carboxylic acids is 1. The number of carbonyl (C=O) groups is 2. The second-order valence-corrected chi connectivity index (χ2v) is 6.78. The van der Waals surface area contributed by atoms with Crippen LogP contribution in [0.2, 0.25) is 0 Å². The number of benzene rings is 1. The highest BCUT2D eigenvalue weighted by Gasteiger charge is 2.34. The third kappa shape index (κ3) is 3.70. The van der Waals surface area contributed by atoms with Crippen molar-refractivity contribution in [1.82, 2.24) is 5.01 Å². The minimum atomic E-state index is -1.03. The predicted molar refractivity (Wildman–Crippen MR) is 96.6 cm³/mol. The molecular weight excluding hydrogens is 356 g/mol. The molecule has 0 radical (unpaired) electrons. The Bertz CT molecular complexity index is 847. The summed E-state index contributed by atoms with van der Waals surface area (Å²) in [6.07, 6.45) is 0.0763. The second kappa shape index (κ2) is 7.57. The zero-order valence-electron chi connectivity index (χ0n) is 14.1. The van der Waals surface area contributed by atoms with Gasteiger partial charge in [0.25, 0.3) is 0 Å². The Hall–Kier alpha value is -2.87. The van der Waals surface area contributed by atoms with Crippen LogP contribution in [0.4, 0.5) is 0 Å². The van der Waals surface area contributed by atoms with Crippen LogP contribution in [-0.4, -0.2) is 39.9 Å². The van der Waals surface area contributed by atoms with Gasteiger partial charge in [0.2, 0.25) is 5.91 Å². The van der Waals surface area contributed by atoms with Gasteiger partial charge in [0.15, 0.2) is 0 Å². The molecule has 7 nitrogen and oxygen atoms in total. The molecule has 1 atom stereocenters. The highest BCUT2D eigenvalue weighted by molar-refractivity contribution is 7.10. The predicted octanol–water partition coefficient (Wildman–Crippen LogP) is 3.00. The quantitative estimate of drug-likeness (QED) is 0.810. The molecule has 2 aromatic rings. The summed E-state index contributed by atoms with van der Waals surface area (Å²) in [5.41, 5.74) is 1.10. The zero-order valence-corrected chi connectivity index (χ0v) is 14.9. The zero-order chi connectivity index (χ0) is 18.7. The van der Waals surface area contributed by atoms with E-state index in [0.717, 1.165) is 4.88 Å². The molecular formula is C18H18N2O5S. The molecule has 1 aliphatic rings. The summed E-state index contributed by atoms with van der Waals surface area (Å²) >= 11 is 1.51. The number of phenols is 1. The van der Waals surface area contributed by atoms with Crippen LogP contribution in [0.3, 0.4) is 0 Å². The first-order valence-corrected chi connectivity index (χ1v) is 8.89. The molecule has 0 saturated heterocycles. The van der Waals surface area contributed by atoms with Gasteiger partial charge in [-0.25, -0.2) is 5.01 Å². The topological polar surface area (TPSA) is 99.4 Å². The average Bonchev–Trinajstić information content (AvgIpc) is 3.28. The Kier molecular flexibility index (Phi) is 5.22. The second-order valence-electron chi connectivity index (χ2n) is 5.80. The Morgan fingerprint density at radius 1 is 1.35 bits per heavy atom. The molecule has 0 spiro atoms. The standard InChI is InChI=1S/C18H18N2O5S/c1-25-11-4-5-12(15(21)9-11)13-10-14(16-3-2-8-26-16)20(19-13)17(22)6-7-18(23)24/h2-5,8-9,14,21H,6-7,10H2,1H3,(H,23,24)/t14-/m0/s1. The van der Waals surface area contributed by atoms with Crippen LogP contribution in [-0.2, 0) is 9.59 Å². The first-order chi connectivity index (χ1) is 12.5. The van der Waals surface area contributed by atoms with E-state index < -0.39 is 5.97 Å². The number of carboxylic acid groups (broad SMARTS) is 1. The molecule has 26 heavy (non-hydrogen) atoms. The van der Waals surface area contributed by atoms with E-state index in [1.165, 1.54) is 29.5 Å². The lowest BCUT2D eigenvalue weighted by Gasteiger charge is -2.20. The number of aliphatic carboxylic acids is 1. The third-order valence-corrected chi connectivity index (χ3v) is 5.08. The van der Waals surface area contributed by atoms with E-state index in [4.69, 9.17) is 9.84 Å². The maximum atomic E-state index is 12.5. The molecule has 2 heterocycles. The molecule has 1 aromatic carbocycles. The Balaban J connectivity index is 1.90. The maximum Gasteiger partial charge on any atom is 0.303 e. The Morgan fingerprint density at radius 2 is 2.15 bits per heavy atom. The molecule has 1 aliphatic heterocycles. The number of hydrazone groups is 1. The van der Waals surface area contributed by atoms with Gasteiger partial charge in [-0.15, -0.1) is 11.3 Å². The van der Waals surface area contributed by atoms with Crippen LogP contribution in [0.15, 0.2) is 40.8 Å². The average molecular weight is 374 g/mol. The number of hydrogen-bond acceptors (Lipinski definition) is 6. The van der Waals surface area contributed by atoms with E-state index in [9.17, 15) is 14.7 Å². The molecule has 136 valence electrons. The minimum Gasteiger partial charge on any atom is -0.507 e.